The monoisotopic (exact) mass is 409 g/mol. The number of hydrogen-bond donors (Lipinski definition) is 1. The molecule has 0 saturated heterocycles. The van der Waals surface area contributed by atoms with E-state index in [4.69, 9.17) is 11.6 Å². The SMILES string of the molecule is O=[N+]([O-])c1cnc(Nc2cccc(CS(=O)(=O)C3CCCCC3)c2)c(Cl)c1. The molecule has 1 aliphatic carbocycles. The maximum Gasteiger partial charge on any atom is 0.289 e. The van der Waals surface area contributed by atoms with Gasteiger partial charge in [-0.3, -0.25) is 10.1 Å². The molecule has 3 rings (SSSR count). The second kappa shape index (κ2) is 8.22. The number of hydrogen-bond acceptors (Lipinski definition) is 6. The van der Waals surface area contributed by atoms with Crippen LogP contribution in [0.5, 0.6) is 0 Å². The minimum atomic E-state index is -3.19. The average molecular weight is 410 g/mol. The third-order valence-electron chi connectivity index (χ3n) is 4.66. The zero-order chi connectivity index (χ0) is 19.4. The number of nitrogens with one attached hydrogen (secondary N) is 1. The number of pyridine rings is 1. The molecular formula is C18H20ClN3O4S. The maximum absolute atomic E-state index is 12.7. The molecule has 7 nitrogen and oxygen atoms in total. The fourth-order valence-electron chi connectivity index (χ4n) is 3.27. The molecule has 0 unspecified atom stereocenters. The highest BCUT2D eigenvalue weighted by molar-refractivity contribution is 7.91. The van der Waals surface area contributed by atoms with Crippen molar-refractivity contribution in [2.45, 2.75) is 43.1 Å². The van der Waals surface area contributed by atoms with Gasteiger partial charge in [0.25, 0.3) is 5.69 Å². The molecule has 0 aliphatic heterocycles. The van der Waals surface area contributed by atoms with Crippen LogP contribution in [0.15, 0.2) is 36.5 Å². The predicted molar refractivity (Wildman–Crippen MR) is 105 cm³/mol. The van der Waals surface area contributed by atoms with Gasteiger partial charge in [-0.2, -0.15) is 0 Å². The average Bonchev–Trinajstić information content (AvgIpc) is 2.64. The first-order chi connectivity index (χ1) is 12.8. The van der Waals surface area contributed by atoms with E-state index in [0.717, 1.165) is 38.3 Å². The molecule has 144 valence electrons. The van der Waals surface area contributed by atoms with E-state index in [-0.39, 0.29) is 27.5 Å². The molecule has 1 N–H and O–H groups in total. The van der Waals surface area contributed by atoms with Gasteiger partial charge in [0.2, 0.25) is 0 Å². The van der Waals surface area contributed by atoms with Crippen LogP contribution in [-0.4, -0.2) is 23.6 Å². The topological polar surface area (TPSA) is 102 Å². The van der Waals surface area contributed by atoms with E-state index in [0.29, 0.717) is 11.3 Å². The number of nitro groups is 1. The van der Waals surface area contributed by atoms with Crippen LogP contribution in [0.2, 0.25) is 5.02 Å². The van der Waals surface area contributed by atoms with Gasteiger partial charge in [0, 0.05) is 11.8 Å². The Kier molecular flexibility index (Phi) is 5.96. The van der Waals surface area contributed by atoms with Crippen LogP contribution in [0.4, 0.5) is 17.2 Å². The van der Waals surface area contributed by atoms with Crippen molar-refractivity contribution in [3.63, 3.8) is 0 Å². The number of nitrogens with zero attached hydrogens (tertiary/aromatic N) is 2. The molecule has 0 bridgehead atoms. The maximum atomic E-state index is 12.7. The van der Waals surface area contributed by atoms with E-state index in [2.05, 4.69) is 10.3 Å². The Balaban J connectivity index is 1.75. The molecule has 1 fully saturated rings. The van der Waals surface area contributed by atoms with Crippen LogP contribution in [0.3, 0.4) is 0 Å². The smallest absolute Gasteiger partial charge is 0.289 e. The van der Waals surface area contributed by atoms with E-state index in [1.165, 1.54) is 6.07 Å². The number of aromatic nitrogens is 1. The molecule has 2 aromatic rings. The Morgan fingerprint density at radius 1 is 1.22 bits per heavy atom. The Labute approximate surface area is 162 Å². The normalized spacial score (nSPS) is 15.4. The molecule has 27 heavy (non-hydrogen) atoms. The first-order valence-electron chi connectivity index (χ1n) is 8.72. The number of halogens is 1. The molecule has 1 aliphatic rings. The molecule has 0 spiro atoms. The van der Waals surface area contributed by atoms with Gasteiger partial charge in [-0.25, -0.2) is 13.4 Å². The Morgan fingerprint density at radius 2 is 1.96 bits per heavy atom. The second-order valence-corrected chi connectivity index (χ2v) is 9.36. The van der Waals surface area contributed by atoms with Gasteiger partial charge < -0.3 is 5.32 Å². The van der Waals surface area contributed by atoms with Crippen molar-refractivity contribution in [1.29, 1.82) is 0 Å². The lowest BCUT2D eigenvalue weighted by atomic mass is 10.0. The van der Waals surface area contributed by atoms with E-state index in [1.54, 1.807) is 24.3 Å². The molecule has 1 aromatic carbocycles. The standard InChI is InChI=1S/C18H20ClN3O4S/c19-17-10-15(22(23)24)11-20-18(17)21-14-6-4-5-13(9-14)12-27(25,26)16-7-2-1-3-8-16/h4-6,9-11,16H,1-3,7-8,12H2,(H,20,21). The number of benzene rings is 1. The lowest BCUT2D eigenvalue weighted by Crippen LogP contribution is -2.25. The summed E-state index contributed by atoms with van der Waals surface area (Å²) >= 11 is 6.05. The number of sulfone groups is 1. The third kappa shape index (κ3) is 4.95. The molecule has 1 aromatic heterocycles. The summed E-state index contributed by atoms with van der Waals surface area (Å²) in [5, 5.41) is 13.6. The molecule has 1 heterocycles. The first-order valence-corrected chi connectivity index (χ1v) is 10.8. The summed E-state index contributed by atoms with van der Waals surface area (Å²) in [7, 11) is -3.19. The van der Waals surface area contributed by atoms with Crippen molar-refractivity contribution < 1.29 is 13.3 Å². The van der Waals surface area contributed by atoms with Crippen molar-refractivity contribution in [3.8, 4) is 0 Å². The molecule has 1 saturated carbocycles. The highest BCUT2D eigenvalue weighted by Gasteiger charge is 2.27. The van der Waals surface area contributed by atoms with Gasteiger partial charge in [0.1, 0.15) is 12.0 Å². The van der Waals surface area contributed by atoms with Crippen molar-refractivity contribution >= 4 is 38.6 Å². The Morgan fingerprint density at radius 3 is 2.63 bits per heavy atom. The van der Waals surface area contributed by atoms with Crippen molar-refractivity contribution in [2.75, 3.05) is 5.32 Å². The van der Waals surface area contributed by atoms with Crippen LogP contribution >= 0.6 is 11.6 Å². The van der Waals surface area contributed by atoms with Crippen LogP contribution in [0.1, 0.15) is 37.7 Å². The summed E-state index contributed by atoms with van der Waals surface area (Å²) in [6.45, 7) is 0. The number of anilines is 2. The largest absolute Gasteiger partial charge is 0.339 e. The van der Waals surface area contributed by atoms with Crippen molar-refractivity contribution in [1.82, 2.24) is 4.98 Å². The van der Waals surface area contributed by atoms with Gasteiger partial charge in [0.15, 0.2) is 9.84 Å². The summed E-state index contributed by atoms with van der Waals surface area (Å²) in [4.78, 5) is 14.2. The van der Waals surface area contributed by atoms with E-state index in [9.17, 15) is 18.5 Å². The van der Waals surface area contributed by atoms with Gasteiger partial charge in [-0.15, -0.1) is 0 Å². The minimum absolute atomic E-state index is 0.00535. The Hall–Kier alpha value is -2.19. The summed E-state index contributed by atoms with van der Waals surface area (Å²) < 4.78 is 25.3. The lowest BCUT2D eigenvalue weighted by molar-refractivity contribution is -0.385. The van der Waals surface area contributed by atoms with Crippen LogP contribution in [0.25, 0.3) is 0 Å². The van der Waals surface area contributed by atoms with Gasteiger partial charge in [0.05, 0.1) is 20.9 Å². The van der Waals surface area contributed by atoms with E-state index >= 15 is 0 Å². The van der Waals surface area contributed by atoms with E-state index in [1.807, 2.05) is 0 Å². The fraction of sp³-hybridized carbons (Fsp3) is 0.389. The molecule has 9 heteroatoms. The molecule has 0 amide bonds. The summed E-state index contributed by atoms with van der Waals surface area (Å²) in [6.07, 6.45) is 5.64. The van der Waals surface area contributed by atoms with Gasteiger partial charge >= 0.3 is 0 Å². The molecular weight excluding hydrogens is 390 g/mol. The van der Waals surface area contributed by atoms with Crippen LogP contribution < -0.4 is 5.32 Å². The van der Waals surface area contributed by atoms with E-state index < -0.39 is 14.8 Å². The van der Waals surface area contributed by atoms with Crippen molar-refractivity contribution in [2.24, 2.45) is 0 Å². The van der Waals surface area contributed by atoms with Crippen LogP contribution in [-0.2, 0) is 15.6 Å². The van der Waals surface area contributed by atoms with Crippen LogP contribution in [0, 0.1) is 10.1 Å². The third-order valence-corrected chi connectivity index (χ3v) is 7.17. The first kappa shape index (κ1) is 19.6. The Bertz CT molecular complexity index is 943. The zero-order valence-corrected chi connectivity index (χ0v) is 16.2. The van der Waals surface area contributed by atoms with Gasteiger partial charge in [-0.05, 0) is 30.5 Å². The lowest BCUT2D eigenvalue weighted by Gasteiger charge is -2.21. The molecule has 0 atom stereocenters. The van der Waals surface area contributed by atoms with Crippen molar-refractivity contribution in [3.05, 3.63) is 57.2 Å². The zero-order valence-electron chi connectivity index (χ0n) is 14.6. The summed E-state index contributed by atoms with van der Waals surface area (Å²) in [5.74, 6) is 0.267. The fourth-order valence-corrected chi connectivity index (χ4v) is 5.41. The summed E-state index contributed by atoms with van der Waals surface area (Å²) in [5.41, 5.74) is 1.11. The molecule has 0 radical (unpaired) electrons. The minimum Gasteiger partial charge on any atom is -0.339 e. The summed E-state index contributed by atoms with van der Waals surface area (Å²) in [6, 6.07) is 8.24. The highest BCUT2D eigenvalue weighted by Crippen LogP contribution is 2.29. The van der Waals surface area contributed by atoms with Gasteiger partial charge in [-0.1, -0.05) is 43.0 Å². The second-order valence-electron chi connectivity index (χ2n) is 6.67. The number of rotatable bonds is 6. The quantitative estimate of drug-likeness (QED) is 0.551. The highest BCUT2D eigenvalue weighted by atomic mass is 35.5. The predicted octanol–water partition coefficient (Wildman–Crippen LogP) is 4.63.